The molecule has 0 bridgehead atoms. The van der Waals surface area contributed by atoms with Crippen LogP contribution in [0, 0.1) is 17.9 Å². The molecule has 3 aromatic heterocycles. The zero-order valence-electron chi connectivity index (χ0n) is 28.8. The van der Waals surface area contributed by atoms with Gasteiger partial charge in [0.15, 0.2) is 0 Å². The van der Waals surface area contributed by atoms with Crippen molar-refractivity contribution in [1.29, 1.82) is 0 Å². The van der Waals surface area contributed by atoms with E-state index in [0.29, 0.717) is 0 Å². The fourth-order valence-corrected chi connectivity index (χ4v) is 9.10. The summed E-state index contributed by atoms with van der Waals surface area (Å²) in [5, 5.41) is 3.65. The summed E-state index contributed by atoms with van der Waals surface area (Å²) in [5.74, 6) is -0.206. The Kier molecular flexibility index (Phi) is 11.5. The molecule has 5 aromatic carbocycles. The number of pyridine rings is 2. The molecule has 1 radical (unpaired) electrons. The van der Waals surface area contributed by atoms with Gasteiger partial charge in [0.1, 0.15) is 5.82 Å². The molecule has 8 rings (SSSR count). The number of halogens is 1. The first-order valence-electron chi connectivity index (χ1n) is 16.8. The fourth-order valence-electron chi connectivity index (χ4n) is 6.29. The summed E-state index contributed by atoms with van der Waals surface area (Å²) in [6.45, 7) is 7.15. The summed E-state index contributed by atoms with van der Waals surface area (Å²) in [6.07, 6.45) is 5.78. The Morgan fingerprint density at radius 1 is 0.647 bits per heavy atom. The van der Waals surface area contributed by atoms with Crippen molar-refractivity contribution < 1.29 is 24.5 Å². The minimum absolute atomic E-state index is 0. The molecule has 0 saturated carbocycles. The van der Waals surface area contributed by atoms with Crippen molar-refractivity contribution in [2.45, 2.75) is 32.5 Å². The molecule has 0 fully saturated rings. The molecule has 8 aromatic rings. The second-order valence-electron chi connectivity index (χ2n) is 13.5. The van der Waals surface area contributed by atoms with Gasteiger partial charge in [0, 0.05) is 37.2 Å². The predicted octanol–water partition coefficient (Wildman–Crippen LogP) is 11.3. The van der Waals surface area contributed by atoms with Gasteiger partial charge in [-0.2, -0.15) is 11.3 Å². The first-order chi connectivity index (χ1) is 24.3. The Labute approximate surface area is 318 Å². The smallest absolute Gasteiger partial charge is 0.124 e. The van der Waals surface area contributed by atoms with Crippen LogP contribution in [0.2, 0.25) is 19.6 Å². The van der Waals surface area contributed by atoms with E-state index < -0.39 is 8.07 Å². The number of benzene rings is 5. The third-order valence-corrected chi connectivity index (χ3v) is 12.0. The van der Waals surface area contributed by atoms with E-state index in [0.717, 1.165) is 55.5 Å². The van der Waals surface area contributed by atoms with Crippen molar-refractivity contribution >= 4 is 44.8 Å². The number of hydrogen-bond donors (Lipinski definition) is 0. The van der Waals surface area contributed by atoms with Crippen LogP contribution in [-0.2, 0) is 32.9 Å². The summed E-state index contributed by atoms with van der Waals surface area (Å²) >= 11 is 1.60. The van der Waals surface area contributed by atoms with Crippen molar-refractivity contribution in [1.82, 2.24) is 9.97 Å². The van der Waals surface area contributed by atoms with E-state index in [4.69, 9.17) is 4.98 Å². The average Bonchev–Trinajstić information content (AvgIpc) is 3.50. The maximum atomic E-state index is 13.6. The van der Waals surface area contributed by atoms with Crippen LogP contribution >= 0.6 is 11.3 Å². The van der Waals surface area contributed by atoms with Gasteiger partial charge in [0.05, 0.1) is 8.07 Å². The van der Waals surface area contributed by atoms with Crippen molar-refractivity contribution in [3.63, 3.8) is 0 Å². The Bertz CT molecular complexity index is 2370. The molecule has 0 unspecified atom stereocenters. The van der Waals surface area contributed by atoms with E-state index >= 15 is 0 Å². The van der Waals surface area contributed by atoms with Gasteiger partial charge in [-0.05, 0) is 74.4 Å². The van der Waals surface area contributed by atoms with Crippen molar-refractivity contribution in [3.05, 3.63) is 186 Å². The molecular weight excluding hydrogens is 840 g/mol. The number of nitrogens with zero attached hydrogens (tertiary/aromatic N) is 2. The number of fused-ring (bicyclic) bond motifs is 3. The maximum absolute atomic E-state index is 13.6. The molecular formula is C45H37FIrN2SSi-2. The summed E-state index contributed by atoms with van der Waals surface area (Å²) < 4.78 is 15.7. The number of hydrogen-bond acceptors (Lipinski definition) is 3. The number of thiophene rings is 1. The molecule has 0 saturated heterocycles. The van der Waals surface area contributed by atoms with Gasteiger partial charge in [0.2, 0.25) is 0 Å². The Hall–Kier alpha value is -4.58. The van der Waals surface area contributed by atoms with Crippen LogP contribution in [0.25, 0.3) is 42.7 Å². The number of aromatic nitrogens is 2. The molecule has 6 heteroatoms. The molecule has 0 atom stereocenters. The Balaban J connectivity index is 0.000000175. The van der Waals surface area contributed by atoms with Crippen molar-refractivity contribution in [3.8, 4) is 22.5 Å². The summed E-state index contributed by atoms with van der Waals surface area (Å²) in [6, 6.07) is 51.1. The zero-order valence-corrected chi connectivity index (χ0v) is 33.0. The molecule has 51 heavy (non-hydrogen) atoms. The van der Waals surface area contributed by atoms with Crippen LogP contribution in [0.3, 0.4) is 0 Å². The summed E-state index contributed by atoms with van der Waals surface area (Å²) in [4.78, 5) is 9.31. The van der Waals surface area contributed by atoms with Gasteiger partial charge in [-0.15, -0.1) is 59.7 Å². The largest absolute Gasteiger partial charge is 0.305 e. The predicted molar refractivity (Wildman–Crippen MR) is 211 cm³/mol. The first-order valence-corrected chi connectivity index (χ1v) is 21.2. The Morgan fingerprint density at radius 3 is 2.08 bits per heavy atom. The topological polar surface area (TPSA) is 25.8 Å². The second kappa shape index (κ2) is 16.2. The van der Waals surface area contributed by atoms with Crippen molar-refractivity contribution in [2.75, 3.05) is 0 Å². The van der Waals surface area contributed by atoms with Crippen LogP contribution in [0.4, 0.5) is 4.39 Å². The molecule has 255 valence electrons. The molecule has 0 spiro atoms. The van der Waals surface area contributed by atoms with Crippen LogP contribution in [0.5, 0.6) is 0 Å². The van der Waals surface area contributed by atoms with E-state index in [9.17, 15) is 4.39 Å². The van der Waals surface area contributed by atoms with E-state index in [-0.39, 0.29) is 25.9 Å². The maximum Gasteiger partial charge on any atom is 0.124 e. The van der Waals surface area contributed by atoms with Crippen LogP contribution in [0.1, 0.15) is 22.3 Å². The molecule has 0 amide bonds. The molecule has 0 aliphatic carbocycles. The van der Waals surface area contributed by atoms with Crippen LogP contribution in [-0.4, -0.2) is 18.0 Å². The fraction of sp³-hybridized carbons (Fsp3) is 0.111. The van der Waals surface area contributed by atoms with Gasteiger partial charge < -0.3 is 9.97 Å². The molecule has 0 aliphatic heterocycles. The van der Waals surface area contributed by atoms with Crippen LogP contribution < -0.4 is 5.19 Å². The quantitative estimate of drug-likeness (QED) is 0.118. The third-order valence-electron chi connectivity index (χ3n) is 8.75. The molecule has 3 heterocycles. The van der Waals surface area contributed by atoms with E-state index in [1.807, 2.05) is 48.7 Å². The average molecular weight is 877 g/mol. The SMILES string of the molecule is C[Si](C)(C)c1cnc(-c2[c-]cccc2)cc1Cc1ccccc1.Fc1ccc2c(c1)sc1c(-c3cc(Cc4ccccc4)ccn3)[c-]ccc12.[Ir]. The van der Waals surface area contributed by atoms with Gasteiger partial charge in [-0.3, -0.25) is 0 Å². The normalized spacial score (nSPS) is 11.1. The summed E-state index contributed by atoms with van der Waals surface area (Å²) in [7, 11) is -1.43. The third kappa shape index (κ3) is 8.66. The summed E-state index contributed by atoms with van der Waals surface area (Å²) in [5.41, 5.74) is 9.18. The minimum atomic E-state index is -1.43. The first kappa shape index (κ1) is 36.2. The molecule has 0 N–H and O–H groups in total. The standard InChI is InChI=1S/C24H15FNS.C21H22NSi.Ir/c25-18-9-10-19-20-7-4-8-21(24(20)27-23(19)15-18)22-14-17(11-12-26-22)13-16-5-2-1-3-6-16;1-23(2,3)21-16-22-20(18-12-8-5-9-13-18)15-19(21)14-17-10-6-4-7-11-17;/h1-7,9-12,14-15H,13H2;4-12,15-16H,14H2,1-3H3;/q2*-1;. The van der Waals surface area contributed by atoms with Crippen molar-refractivity contribution in [2.24, 2.45) is 0 Å². The van der Waals surface area contributed by atoms with Crippen LogP contribution in [0.15, 0.2) is 146 Å². The second-order valence-corrected chi connectivity index (χ2v) is 19.6. The molecule has 2 nitrogen and oxygen atoms in total. The van der Waals surface area contributed by atoms with Gasteiger partial charge >= 0.3 is 0 Å². The van der Waals surface area contributed by atoms with Gasteiger partial charge in [-0.25, -0.2) is 4.39 Å². The van der Waals surface area contributed by atoms with E-state index in [2.05, 4.69) is 122 Å². The monoisotopic (exact) mass is 877 g/mol. The Morgan fingerprint density at radius 2 is 1.37 bits per heavy atom. The van der Waals surface area contributed by atoms with E-state index in [1.165, 1.54) is 33.5 Å². The zero-order chi connectivity index (χ0) is 34.5. The van der Waals surface area contributed by atoms with E-state index in [1.54, 1.807) is 17.4 Å². The number of rotatable bonds is 7. The van der Waals surface area contributed by atoms with Gasteiger partial charge in [-0.1, -0.05) is 109 Å². The molecule has 0 aliphatic rings. The minimum Gasteiger partial charge on any atom is -0.305 e. The van der Waals surface area contributed by atoms with Gasteiger partial charge in [0.25, 0.3) is 0 Å².